The maximum atomic E-state index is 13.3. The summed E-state index contributed by atoms with van der Waals surface area (Å²) in [5, 5.41) is 0.490. The largest absolute Gasteiger partial charge is 0.376 e. The number of para-hydroxylation sites is 1. The second kappa shape index (κ2) is 7.34. The Labute approximate surface area is 157 Å². The van der Waals surface area contributed by atoms with Crippen LogP contribution in [0.3, 0.4) is 0 Å². The number of thiazole rings is 1. The quantitative estimate of drug-likeness (QED) is 0.661. The van der Waals surface area contributed by atoms with E-state index in [-0.39, 0.29) is 17.5 Å². The van der Waals surface area contributed by atoms with Gasteiger partial charge in [-0.25, -0.2) is 17.7 Å². The minimum absolute atomic E-state index is 0.103. The molecule has 0 radical (unpaired) electrons. The van der Waals surface area contributed by atoms with Crippen LogP contribution in [0.15, 0.2) is 59.5 Å². The highest BCUT2D eigenvalue weighted by molar-refractivity contribution is 7.93. The average Bonchev–Trinajstić information content (AvgIpc) is 3.11. The summed E-state index contributed by atoms with van der Waals surface area (Å²) in [5.74, 6) is 0. The van der Waals surface area contributed by atoms with Gasteiger partial charge in [0.15, 0.2) is 0 Å². The maximum absolute atomic E-state index is 13.3. The summed E-state index contributed by atoms with van der Waals surface area (Å²) in [7, 11) is -3.70. The number of hydrogen-bond acceptors (Lipinski definition) is 5. The van der Waals surface area contributed by atoms with E-state index in [0.29, 0.717) is 11.7 Å². The first-order valence-corrected chi connectivity index (χ1v) is 11.0. The third-order valence-electron chi connectivity index (χ3n) is 4.47. The van der Waals surface area contributed by atoms with Crippen molar-refractivity contribution in [2.45, 2.75) is 30.3 Å². The van der Waals surface area contributed by atoms with Gasteiger partial charge in [-0.05, 0) is 43.5 Å². The Morgan fingerprint density at radius 1 is 1.08 bits per heavy atom. The lowest BCUT2D eigenvalue weighted by Crippen LogP contribution is -2.39. The predicted molar refractivity (Wildman–Crippen MR) is 104 cm³/mol. The van der Waals surface area contributed by atoms with Crippen LogP contribution in [-0.4, -0.2) is 32.7 Å². The number of sulfonamides is 1. The number of rotatable bonds is 5. The molecule has 0 bridgehead atoms. The van der Waals surface area contributed by atoms with Crippen LogP contribution >= 0.6 is 11.3 Å². The number of hydrogen-bond donors (Lipinski definition) is 0. The van der Waals surface area contributed by atoms with Gasteiger partial charge in [0.05, 0.1) is 27.8 Å². The molecule has 2 heterocycles. The van der Waals surface area contributed by atoms with Crippen LogP contribution < -0.4 is 4.31 Å². The molecule has 1 fully saturated rings. The van der Waals surface area contributed by atoms with Gasteiger partial charge in [-0.1, -0.05) is 41.7 Å². The first kappa shape index (κ1) is 17.5. The Morgan fingerprint density at radius 3 is 2.58 bits per heavy atom. The van der Waals surface area contributed by atoms with E-state index in [1.165, 1.54) is 15.6 Å². The molecule has 1 aliphatic rings. The van der Waals surface area contributed by atoms with Crippen molar-refractivity contribution in [1.82, 2.24) is 4.98 Å². The Bertz CT molecular complexity index is 947. The molecule has 136 valence electrons. The van der Waals surface area contributed by atoms with E-state index in [2.05, 4.69) is 4.98 Å². The molecule has 0 spiro atoms. The minimum Gasteiger partial charge on any atom is -0.376 e. The smallest absolute Gasteiger partial charge is 0.266 e. The molecule has 7 heteroatoms. The standard InChI is InChI=1S/C19H20N2O3S2/c22-26(23,16-9-2-1-3-10-16)21(14-15-8-6-7-13-24-15)19-20-17-11-4-5-12-18(17)25-19/h1-5,9-12,15H,6-8,13-14H2. The van der Waals surface area contributed by atoms with Gasteiger partial charge in [-0.15, -0.1) is 0 Å². The van der Waals surface area contributed by atoms with E-state index in [0.717, 1.165) is 29.5 Å². The summed E-state index contributed by atoms with van der Waals surface area (Å²) in [5.41, 5.74) is 0.810. The second-order valence-corrected chi connectivity index (χ2v) is 9.17. The molecule has 26 heavy (non-hydrogen) atoms. The number of aromatic nitrogens is 1. The molecule has 1 unspecified atom stereocenters. The van der Waals surface area contributed by atoms with Gasteiger partial charge in [0.2, 0.25) is 5.13 Å². The molecule has 4 rings (SSSR count). The van der Waals surface area contributed by atoms with Gasteiger partial charge in [0, 0.05) is 6.61 Å². The number of anilines is 1. The maximum Gasteiger partial charge on any atom is 0.266 e. The average molecular weight is 389 g/mol. The first-order chi connectivity index (χ1) is 12.6. The van der Waals surface area contributed by atoms with Crippen molar-refractivity contribution in [2.24, 2.45) is 0 Å². The van der Waals surface area contributed by atoms with Gasteiger partial charge < -0.3 is 4.74 Å². The van der Waals surface area contributed by atoms with E-state index in [1.807, 2.05) is 30.3 Å². The lowest BCUT2D eigenvalue weighted by Gasteiger charge is -2.29. The molecule has 0 N–H and O–H groups in total. The predicted octanol–water partition coefficient (Wildman–Crippen LogP) is 4.06. The molecule has 3 aromatic rings. The van der Waals surface area contributed by atoms with Gasteiger partial charge in [-0.2, -0.15) is 0 Å². The SMILES string of the molecule is O=S(=O)(c1ccccc1)N(CC1CCCCO1)c1nc2ccccc2s1. The van der Waals surface area contributed by atoms with Crippen molar-refractivity contribution in [2.75, 3.05) is 17.5 Å². The summed E-state index contributed by atoms with van der Waals surface area (Å²) in [6, 6.07) is 16.2. The van der Waals surface area contributed by atoms with Crippen LogP contribution in [0.25, 0.3) is 10.2 Å². The van der Waals surface area contributed by atoms with Crippen LogP contribution in [0.4, 0.5) is 5.13 Å². The van der Waals surface area contributed by atoms with Crippen molar-refractivity contribution in [3.05, 3.63) is 54.6 Å². The Balaban J connectivity index is 1.75. The topological polar surface area (TPSA) is 59.5 Å². The summed E-state index contributed by atoms with van der Waals surface area (Å²) in [4.78, 5) is 4.85. The van der Waals surface area contributed by atoms with Gasteiger partial charge in [-0.3, -0.25) is 0 Å². The van der Waals surface area contributed by atoms with Crippen molar-refractivity contribution < 1.29 is 13.2 Å². The van der Waals surface area contributed by atoms with Crippen LogP contribution in [-0.2, 0) is 14.8 Å². The summed E-state index contributed by atoms with van der Waals surface area (Å²) >= 11 is 1.40. The zero-order chi connectivity index (χ0) is 18.0. The fraction of sp³-hybridized carbons (Fsp3) is 0.316. The molecule has 1 aliphatic heterocycles. The Hall–Kier alpha value is -1.96. The lowest BCUT2D eigenvalue weighted by molar-refractivity contribution is 0.0228. The molecular formula is C19H20N2O3S2. The zero-order valence-corrected chi connectivity index (χ0v) is 15.9. The first-order valence-electron chi connectivity index (χ1n) is 8.69. The second-order valence-electron chi connectivity index (χ2n) is 6.30. The third kappa shape index (κ3) is 3.47. The van der Waals surface area contributed by atoms with Gasteiger partial charge in [0.25, 0.3) is 10.0 Å². The summed E-state index contributed by atoms with van der Waals surface area (Å²) < 4.78 is 34.8. The Morgan fingerprint density at radius 2 is 1.85 bits per heavy atom. The summed E-state index contributed by atoms with van der Waals surface area (Å²) in [6.45, 7) is 0.973. The van der Waals surface area contributed by atoms with E-state index in [4.69, 9.17) is 4.74 Å². The summed E-state index contributed by atoms with van der Waals surface area (Å²) in [6.07, 6.45) is 2.85. The lowest BCUT2D eigenvalue weighted by atomic mass is 10.1. The molecule has 1 aromatic heterocycles. The van der Waals surface area contributed by atoms with Crippen molar-refractivity contribution in [1.29, 1.82) is 0 Å². The van der Waals surface area contributed by atoms with Crippen LogP contribution in [0.5, 0.6) is 0 Å². The van der Waals surface area contributed by atoms with E-state index >= 15 is 0 Å². The molecule has 0 amide bonds. The van der Waals surface area contributed by atoms with E-state index in [9.17, 15) is 8.42 Å². The Kier molecular flexibility index (Phi) is 4.93. The molecule has 2 aromatic carbocycles. The fourth-order valence-corrected chi connectivity index (χ4v) is 5.75. The number of fused-ring (bicyclic) bond motifs is 1. The van der Waals surface area contributed by atoms with Gasteiger partial charge >= 0.3 is 0 Å². The molecule has 1 saturated heterocycles. The van der Waals surface area contributed by atoms with Crippen LogP contribution in [0.1, 0.15) is 19.3 Å². The van der Waals surface area contributed by atoms with Crippen LogP contribution in [0, 0.1) is 0 Å². The zero-order valence-electron chi connectivity index (χ0n) is 14.2. The molecule has 1 atom stereocenters. The molecule has 0 saturated carbocycles. The van der Waals surface area contributed by atoms with Crippen LogP contribution in [0.2, 0.25) is 0 Å². The minimum atomic E-state index is -3.70. The highest BCUT2D eigenvalue weighted by atomic mass is 32.2. The molecular weight excluding hydrogens is 368 g/mol. The highest BCUT2D eigenvalue weighted by Crippen LogP contribution is 2.33. The monoisotopic (exact) mass is 388 g/mol. The number of benzene rings is 2. The van der Waals surface area contributed by atoms with Crippen molar-refractivity contribution in [3.8, 4) is 0 Å². The fourth-order valence-electron chi connectivity index (χ4n) is 3.10. The van der Waals surface area contributed by atoms with Crippen molar-refractivity contribution >= 4 is 36.7 Å². The van der Waals surface area contributed by atoms with Gasteiger partial charge in [0.1, 0.15) is 0 Å². The number of ether oxygens (including phenoxy) is 1. The number of nitrogens with zero attached hydrogens (tertiary/aromatic N) is 2. The van der Waals surface area contributed by atoms with Crippen molar-refractivity contribution in [3.63, 3.8) is 0 Å². The highest BCUT2D eigenvalue weighted by Gasteiger charge is 2.31. The third-order valence-corrected chi connectivity index (χ3v) is 7.42. The van der Waals surface area contributed by atoms with E-state index in [1.54, 1.807) is 24.3 Å². The molecule has 0 aliphatic carbocycles. The van der Waals surface area contributed by atoms with E-state index < -0.39 is 10.0 Å². The molecule has 5 nitrogen and oxygen atoms in total. The normalized spacial score (nSPS) is 18.1.